The summed E-state index contributed by atoms with van der Waals surface area (Å²) in [5, 5.41) is 12.5. The predicted molar refractivity (Wildman–Crippen MR) is 136 cm³/mol. The van der Waals surface area contributed by atoms with Crippen molar-refractivity contribution in [3.8, 4) is 0 Å². The van der Waals surface area contributed by atoms with E-state index in [4.69, 9.17) is 39.8 Å². The van der Waals surface area contributed by atoms with E-state index in [0.29, 0.717) is 51.8 Å². The molecule has 1 saturated heterocycles. The molecule has 0 saturated carbocycles. The number of carbonyl (C=O) groups is 1. The molecule has 6 nitrogen and oxygen atoms in total. The first-order chi connectivity index (χ1) is 16.4. The summed E-state index contributed by atoms with van der Waals surface area (Å²) in [4.78, 5) is 24.9. The molecule has 0 amide bonds. The number of pyridine rings is 1. The number of aliphatic hydroxyl groups is 1. The lowest BCUT2D eigenvalue weighted by Crippen LogP contribution is -2.33. The molecule has 4 rings (SSSR count). The molecule has 0 radical (unpaired) electrons. The van der Waals surface area contributed by atoms with Gasteiger partial charge in [-0.05, 0) is 41.5 Å². The number of rotatable bonds is 6. The number of hydrogen-bond donors (Lipinski definition) is 1. The number of aliphatic hydroxyl groups excluding tert-OH is 1. The van der Waals surface area contributed by atoms with E-state index in [-0.39, 0.29) is 11.5 Å². The topological polar surface area (TPSA) is 69.0 Å². The Labute approximate surface area is 212 Å². The van der Waals surface area contributed by atoms with Gasteiger partial charge in [-0.3, -0.25) is 9.69 Å². The van der Waals surface area contributed by atoms with Crippen molar-refractivity contribution in [2.24, 2.45) is 4.99 Å². The van der Waals surface area contributed by atoms with Gasteiger partial charge in [0.05, 0.1) is 23.9 Å². The zero-order chi connectivity index (χ0) is 24.2. The van der Waals surface area contributed by atoms with Crippen molar-refractivity contribution in [2.75, 3.05) is 13.6 Å². The van der Waals surface area contributed by atoms with E-state index in [1.807, 2.05) is 48.3 Å². The number of allylic oxidation sites excluding steroid dienone is 1. The van der Waals surface area contributed by atoms with Crippen LogP contribution in [0.25, 0.3) is 5.57 Å². The molecule has 174 valence electrons. The van der Waals surface area contributed by atoms with Crippen LogP contribution in [0.3, 0.4) is 0 Å². The summed E-state index contributed by atoms with van der Waals surface area (Å²) in [7, 11) is 1.87. The summed E-state index contributed by atoms with van der Waals surface area (Å²) in [6.45, 7) is 0.854. The largest absolute Gasteiger partial charge is 0.494 e. The first-order valence-electron chi connectivity index (χ1n) is 10.4. The van der Waals surface area contributed by atoms with Crippen LogP contribution in [-0.4, -0.2) is 45.7 Å². The van der Waals surface area contributed by atoms with Crippen molar-refractivity contribution >= 4 is 52.6 Å². The number of aliphatic imine (C=N–C) groups is 1. The lowest BCUT2D eigenvalue weighted by molar-refractivity contribution is -0.103. The number of likely N-dealkylation sites (N-methyl/N-ethyl adjacent to an activating group) is 1. The smallest absolute Gasteiger partial charge is 0.205 e. The zero-order valence-corrected chi connectivity index (χ0v) is 20.5. The molecule has 3 aromatic rings. The van der Waals surface area contributed by atoms with Crippen LogP contribution >= 0.6 is 34.8 Å². The molecule has 1 atom stereocenters. The third-order valence-electron chi connectivity index (χ3n) is 5.40. The molecule has 1 unspecified atom stereocenters. The van der Waals surface area contributed by atoms with E-state index in [1.165, 1.54) is 0 Å². The van der Waals surface area contributed by atoms with Crippen LogP contribution in [0.5, 0.6) is 0 Å². The number of aromatic nitrogens is 1. The molecule has 1 fully saturated rings. The summed E-state index contributed by atoms with van der Waals surface area (Å²) in [6.07, 6.45) is 0.576. The Morgan fingerprint density at radius 3 is 2.44 bits per heavy atom. The fourth-order valence-electron chi connectivity index (χ4n) is 3.85. The molecule has 0 aliphatic carbocycles. The van der Waals surface area contributed by atoms with Gasteiger partial charge in [0.2, 0.25) is 11.8 Å². The average molecular weight is 516 g/mol. The van der Waals surface area contributed by atoms with E-state index in [1.54, 1.807) is 35.2 Å². The van der Waals surface area contributed by atoms with Crippen LogP contribution in [-0.2, 0) is 11.3 Å². The number of nitrogens with zero attached hydrogens (tertiary/aromatic N) is 4. The third kappa shape index (κ3) is 5.20. The van der Waals surface area contributed by atoms with Crippen LogP contribution in [0, 0.1) is 0 Å². The molecule has 0 spiro atoms. The lowest BCUT2D eigenvalue weighted by Gasteiger charge is -2.26. The minimum Gasteiger partial charge on any atom is -0.494 e. The quantitative estimate of drug-likeness (QED) is 0.188. The Hall–Kier alpha value is -3.06. The molecule has 1 aliphatic heterocycles. The fourth-order valence-corrected chi connectivity index (χ4v) is 4.55. The second kappa shape index (κ2) is 10.5. The molecule has 1 N–H and O–H groups in total. The predicted octanol–water partition coefficient (Wildman–Crippen LogP) is 6.01. The Morgan fingerprint density at radius 1 is 1.09 bits per heavy atom. The number of guanidine groups is 1. The maximum absolute atomic E-state index is 12.2. The summed E-state index contributed by atoms with van der Waals surface area (Å²) >= 11 is 18.5. The van der Waals surface area contributed by atoms with Crippen molar-refractivity contribution in [2.45, 2.75) is 12.6 Å². The minimum absolute atomic E-state index is 0.0270. The van der Waals surface area contributed by atoms with Gasteiger partial charge in [0.25, 0.3) is 0 Å². The van der Waals surface area contributed by atoms with Crippen LogP contribution in [0.1, 0.15) is 22.9 Å². The highest BCUT2D eigenvalue weighted by Gasteiger charge is 2.39. The van der Waals surface area contributed by atoms with Gasteiger partial charge >= 0.3 is 0 Å². The van der Waals surface area contributed by atoms with Gasteiger partial charge in [0.1, 0.15) is 5.15 Å². The fraction of sp³-hybridized carbons (Fsp3) is 0.160. The Bertz CT molecular complexity index is 1240. The SMILES string of the molecule is CN1CC(c2cccc(Cl)n2)N(/C(O)=C(\C=O)c2cc(Cl)cc(Cl)c2)/C1=N/Cc1ccccc1. The van der Waals surface area contributed by atoms with Crippen molar-refractivity contribution < 1.29 is 9.90 Å². The monoisotopic (exact) mass is 514 g/mol. The molecule has 9 heteroatoms. The van der Waals surface area contributed by atoms with Crippen LogP contribution < -0.4 is 0 Å². The van der Waals surface area contributed by atoms with Crippen LogP contribution in [0.15, 0.2) is 77.6 Å². The van der Waals surface area contributed by atoms with E-state index in [0.717, 1.165) is 5.56 Å². The molecule has 0 bridgehead atoms. The first-order valence-corrected chi connectivity index (χ1v) is 11.6. The van der Waals surface area contributed by atoms with Crippen molar-refractivity contribution in [1.29, 1.82) is 0 Å². The highest BCUT2D eigenvalue weighted by Crippen LogP contribution is 2.35. The standard InChI is InChI=1S/C25H21Cl3N4O2/c1-31-14-22(21-8-5-9-23(28)30-21)32(25(31)29-13-16-6-3-2-4-7-16)24(34)20(15-33)17-10-18(26)12-19(27)11-17/h2-12,15,22,34H,13-14H2,1H3/b24-20-,29-25+. The van der Waals surface area contributed by atoms with Gasteiger partial charge in [-0.25, -0.2) is 9.98 Å². The van der Waals surface area contributed by atoms with E-state index < -0.39 is 6.04 Å². The van der Waals surface area contributed by atoms with Gasteiger partial charge < -0.3 is 10.0 Å². The second-order valence-corrected chi connectivity index (χ2v) is 9.03. The molecule has 2 heterocycles. The Morgan fingerprint density at radius 2 is 1.79 bits per heavy atom. The molecular formula is C25H21Cl3N4O2. The number of halogens is 3. The second-order valence-electron chi connectivity index (χ2n) is 7.77. The van der Waals surface area contributed by atoms with E-state index in [9.17, 15) is 9.90 Å². The highest BCUT2D eigenvalue weighted by atomic mass is 35.5. The number of hydrogen-bond acceptors (Lipinski definition) is 4. The van der Waals surface area contributed by atoms with Crippen LogP contribution in [0.4, 0.5) is 0 Å². The normalized spacial score (nSPS) is 17.8. The number of benzene rings is 2. The average Bonchev–Trinajstić information content (AvgIpc) is 3.14. The summed E-state index contributed by atoms with van der Waals surface area (Å²) in [6, 6.07) is 19.3. The molecule has 34 heavy (non-hydrogen) atoms. The number of carbonyl (C=O) groups excluding carboxylic acids is 1. The summed E-state index contributed by atoms with van der Waals surface area (Å²) in [5.74, 6) is 0.205. The van der Waals surface area contributed by atoms with Gasteiger partial charge in [-0.2, -0.15) is 0 Å². The third-order valence-corrected chi connectivity index (χ3v) is 6.05. The highest BCUT2D eigenvalue weighted by molar-refractivity contribution is 6.35. The Balaban J connectivity index is 1.84. The first kappa shape index (κ1) is 24.1. The maximum atomic E-state index is 12.2. The maximum Gasteiger partial charge on any atom is 0.205 e. The minimum atomic E-state index is -0.442. The van der Waals surface area contributed by atoms with Crippen LogP contribution in [0.2, 0.25) is 15.2 Å². The molecular weight excluding hydrogens is 495 g/mol. The molecule has 1 aromatic heterocycles. The zero-order valence-electron chi connectivity index (χ0n) is 18.2. The van der Waals surface area contributed by atoms with E-state index in [2.05, 4.69) is 4.98 Å². The lowest BCUT2D eigenvalue weighted by atomic mass is 10.1. The van der Waals surface area contributed by atoms with Crippen molar-refractivity contribution in [1.82, 2.24) is 14.8 Å². The van der Waals surface area contributed by atoms with Gasteiger partial charge in [-0.15, -0.1) is 0 Å². The van der Waals surface area contributed by atoms with Gasteiger partial charge in [0.15, 0.2) is 6.29 Å². The summed E-state index contributed by atoms with van der Waals surface area (Å²) < 4.78 is 0. The molecule has 1 aliphatic rings. The van der Waals surface area contributed by atoms with Crippen molar-refractivity contribution in [3.05, 3.63) is 105 Å². The number of aldehydes is 1. The van der Waals surface area contributed by atoms with Gasteiger partial charge in [-0.1, -0.05) is 71.2 Å². The Kier molecular flexibility index (Phi) is 7.41. The molecule has 2 aromatic carbocycles. The van der Waals surface area contributed by atoms with E-state index >= 15 is 0 Å². The van der Waals surface area contributed by atoms with Crippen molar-refractivity contribution in [3.63, 3.8) is 0 Å². The van der Waals surface area contributed by atoms with Gasteiger partial charge in [0, 0.05) is 23.6 Å². The summed E-state index contributed by atoms with van der Waals surface area (Å²) in [5.41, 5.74) is 2.05.